The highest BCUT2D eigenvalue weighted by atomic mass is 16.5. The molecule has 3 amide bonds. The molecule has 1 unspecified atom stereocenters. The molecule has 352 valence electrons. The van der Waals surface area contributed by atoms with Crippen LogP contribution >= 0.6 is 0 Å². The second-order valence-corrected chi connectivity index (χ2v) is 19.1. The number of carbonyl (C=O) groups is 5. The number of aryl methyl sites for hydroxylation is 1. The van der Waals surface area contributed by atoms with E-state index in [1.165, 1.54) is 16.0 Å². The van der Waals surface area contributed by atoms with E-state index >= 15 is 0 Å². The minimum atomic E-state index is -1.17. The van der Waals surface area contributed by atoms with Gasteiger partial charge in [-0.1, -0.05) is 64.6 Å². The summed E-state index contributed by atoms with van der Waals surface area (Å²) in [7, 11) is 3.27. The number of phenolic OH excluding ortho intramolecular Hbond substituents is 1. The van der Waals surface area contributed by atoms with Crippen LogP contribution in [0.15, 0.2) is 67.4 Å². The van der Waals surface area contributed by atoms with E-state index in [1.807, 2.05) is 32.0 Å². The minimum Gasteiger partial charge on any atom is -0.508 e. The molecule has 3 aliphatic heterocycles. The van der Waals surface area contributed by atoms with Crippen LogP contribution in [-0.2, 0) is 59.3 Å². The smallest absolute Gasteiger partial charge is 0.324 e. The van der Waals surface area contributed by atoms with Gasteiger partial charge in [-0.05, 0) is 91.5 Å². The van der Waals surface area contributed by atoms with Crippen LogP contribution < -0.4 is 16.1 Å². The van der Waals surface area contributed by atoms with E-state index in [9.17, 15) is 29.1 Å². The van der Waals surface area contributed by atoms with Crippen molar-refractivity contribution in [2.75, 3.05) is 40.5 Å². The Labute approximate surface area is 387 Å². The first kappa shape index (κ1) is 48.0. The Morgan fingerprint density at radius 3 is 2.64 bits per heavy atom. The molecule has 66 heavy (non-hydrogen) atoms. The average Bonchev–Trinajstić information content (AvgIpc) is 3.91. The normalized spacial score (nSPS) is 21.5. The summed E-state index contributed by atoms with van der Waals surface area (Å²) >= 11 is 0. The number of phenols is 1. The fourth-order valence-corrected chi connectivity index (χ4v) is 9.91. The van der Waals surface area contributed by atoms with Crippen molar-refractivity contribution in [3.8, 4) is 28.1 Å². The van der Waals surface area contributed by atoms with Crippen LogP contribution in [0.2, 0.25) is 0 Å². The monoisotopic (exact) mass is 903 g/mol. The second kappa shape index (κ2) is 20.3. The number of fused-ring (bicyclic) bond motifs is 6. The number of aromatic hydroxyl groups is 1. The summed E-state index contributed by atoms with van der Waals surface area (Å²) in [5.74, 6) is -2.91. The molecule has 0 saturated carbocycles. The summed E-state index contributed by atoms with van der Waals surface area (Å²) < 4.78 is 13.8. The Hall–Kier alpha value is -5.90. The molecule has 5 atom stereocenters. The number of ether oxygens (including phenoxy) is 2. The van der Waals surface area contributed by atoms with E-state index in [0.29, 0.717) is 50.0 Å². The SMILES string of the molecule is C=CC(=O)C1C[C@@H](C(=O)N(C)[C@H](C(=O)N[C@@H]2Cc3cc(O)cc(c3)-c3cnc4c(c3)c(c(-c3ccccc3CCOC)n4CC)CC(C)(C)COC(=O)[C@@H]3CCCN(N3)C2=O)C(C)C)CN1. The third-order valence-corrected chi connectivity index (χ3v) is 13.2. The molecule has 2 fully saturated rings. The topological polar surface area (TPSA) is 184 Å². The molecular formula is C51H65N7O8. The first-order valence-electron chi connectivity index (χ1n) is 23.2. The maximum atomic E-state index is 14.7. The maximum absolute atomic E-state index is 14.7. The zero-order chi connectivity index (χ0) is 47.4. The highest BCUT2D eigenvalue weighted by Gasteiger charge is 2.41. The number of rotatable bonds is 12. The number of hydrogen-bond donors (Lipinski definition) is 4. The number of likely N-dealkylation sites (N-methyl/N-ethyl adjacent to an activating group) is 1. The standard InChI is InChI=1S/C51H65N7O8/c1-9-43(60)41-25-35(28-52-41)48(62)56(7)44(30(3)4)47(61)54-42-22-31-20-33(23-36(59)21-31)34-24-38-39(26-51(5,6)29-66-50(64)40-16-13-18-58(55-40)49(42)63)45(57(10-2)46(38)53-27-34)37-15-12-11-14-32(37)17-19-65-8/h9,11-12,14-15,20-21,23-24,27,30,35,40-42,44,52,55,59H,1,10,13,16-19,22,25-26,28-29H2,2-8H3,(H,54,61)/t35-,40+,41?,42-,44+/m1/s1. The van der Waals surface area contributed by atoms with E-state index < -0.39 is 53.3 Å². The van der Waals surface area contributed by atoms with Gasteiger partial charge in [0.05, 0.1) is 30.9 Å². The summed E-state index contributed by atoms with van der Waals surface area (Å²) in [4.78, 5) is 75.8. The van der Waals surface area contributed by atoms with Crippen molar-refractivity contribution < 1.29 is 38.6 Å². The summed E-state index contributed by atoms with van der Waals surface area (Å²) in [6.07, 6.45) is 5.49. The number of hydrazine groups is 1. The molecule has 7 rings (SSSR count). The van der Waals surface area contributed by atoms with Gasteiger partial charge >= 0.3 is 5.97 Å². The van der Waals surface area contributed by atoms with Crippen molar-refractivity contribution in [1.29, 1.82) is 0 Å². The number of benzene rings is 2. The lowest BCUT2D eigenvalue weighted by Crippen LogP contribution is -2.62. The Morgan fingerprint density at radius 1 is 1.14 bits per heavy atom. The van der Waals surface area contributed by atoms with Crippen molar-refractivity contribution >= 4 is 40.5 Å². The zero-order valence-corrected chi connectivity index (χ0v) is 39.3. The quantitative estimate of drug-likeness (QED) is 0.109. The summed E-state index contributed by atoms with van der Waals surface area (Å²) in [6, 6.07) is 12.1. The molecule has 2 saturated heterocycles. The van der Waals surface area contributed by atoms with Gasteiger partial charge in [0.1, 0.15) is 29.5 Å². The molecule has 0 spiro atoms. The molecule has 3 aliphatic rings. The Bertz CT molecular complexity index is 2500. The van der Waals surface area contributed by atoms with Crippen LogP contribution in [0.4, 0.5) is 0 Å². The largest absolute Gasteiger partial charge is 0.508 e. The van der Waals surface area contributed by atoms with Crippen LogP contribution in [0.25, 0.3) is 33.4 Å². The lowest BCUT2D eigenvalue weighted by atomic mass is 9.84. The van der Waals surface area contributed by atoms with Gasteiger partial charge in [0.2, 0.25) is 11.8 Å². The van der Waals surface area contributed by atoms with Crippen molar-refractivity contribution in [3.63, 3.8) is 0 Å². The molecule has 15 heteroatoms. The first-order valence-corrected chi connectivity index (χ1v) is 23.2. The fraction of sp³-hybridized carbons (Fsp3) is 0.490. The predicted octanol–water partition coefficient (Wildman–Crippen LogP) is 5.15. The molecule has 4 N–H and O–H groups in total. The van der Waals surface area contributed by atoms with Gasteiger partial charge in [-0.3, -0.25) is 29.0 Å². The Balaban J connectivity index is 1.30. The zero-order valence-electron chi connectivity index (χ0n) is 39.3. The highest BCUT2D eigenvalue weighted by molar-refractivity contribution is 5.96. The van der Waals surface area contributed by atoms with Gasteiger partial charge in [0.25, 0.3) is 5.91 Å². The first-order chi connectivity index (χ1) is 31.5. The summed E-state index contributed by atoms with van der Waals surface area (Å²) in [6.45, 7) is 15.3. The molecule has 5 heterocycles. The van der Waals surface area contributed by atoms with Crippen molar-refractivity contribution in [2.24, 2.45) is 17.3 Å². The Morgan fingerprint density at radius 2 is 1.91 bits per heavy atom. The van der Waals surface area contributed by atoms with Gasteiger partial charge in [0.15, 0.2) is 5.78 Å². The third kappa shape index (κ3) is 10.2. The number of hydrogen-bond acceptors (Lipinski definition) is 11. The number of nitrogens with zero attached hydrogens (tertiary/aromatic N) is 4. The Kier molecular flexibility index (Phi) is 14.8. The number of pyridine rings is 1. The molecule has 6 bridgehead atoms. The molecule has 0 radical (unpaired) electrons. The summed E-state index contributed by atoms with van der Waals surface area (Å²) in [5.41, 5.74) is 9.66. The lowest BCUT2D eigenvalue weighted by Gasteiger charge is -2.37. The van der Waals surface area contributed by atoms with Crippen molar-refractivity contribution in [1.82, 2.24) is 35.5 Å². The molecular weight excluding hydrogens is 839 g/mol. The van der Waals surface area contributed by atoms with Crippen LogP contribution in [0.5, 0.6) is 5.75 Å². The average molecular weight is 904 g/mol. The number of nitrogens with one attached hydrogen (secondary N) is 3. The van der Waals surface area contributed by atoms with Crippen molar-refractivity contribution in [2.45, 2.75) is 104 Å². The van der Waals surface area contributed by atoms with Gasteiger partial charge < -0.3 is 34.7 Å². The van der Waals surface area contributed by atoms with Gasteiger partial charge in [-0.25, -0.2) is 10.4 Å². The number of cyclic esters (lactones) is 1. The molecule has 0 aliphatic carbocycles. The number of carbonyl (C=O) groups excluding carboxylic acids is 5. The van der Waals surface area contributed by atoms with E-state index in [1.54, 1.807) is 32.5 Å². The van der Waals surface area contributed by atoms with Gasteiger partial charge in [0, 0.05) is 68.3 Å². The number of ketones is 1. The van der Waals surface area contributed by atoms with Gasteiger partial charge in [-0.2, -0.15) is 0 Å². The van der Waals surface area contributed by atoms with Gasteiger partial charge in [-0.15, -0.1) is 0 Å². The third-order valence-electron chi connectivity index (χ3n) is 13.2. The number of aromatic nitrogens is 2. The van der Waals surface area contributed by atoms with Crippen LogP contribution in [0, 0.1) is 17.3 Å². The van der Waals surface area contributed by atoms with E-state index in [-0.39, 0.29) is 55.9 Å². The van der Waals surface area contributed by atoms with Crippen LogP contribution in [0.3, 0.4) is 0 Å². The maximum Gasteiger partial charge on any atom is 0.324 e. The molecule has 2 aromatic carbocycles. The number of amides is 3. The van der Waals surface area contributed by atoms with E-state index in [2.05, 4.69) is 66.2 Å². The van der Waals surface area contributed by atoms with E-state index in [4.69, 9.17) is 14.5 Å². The molecule has 2 aromatic heterocycles. The van der Waals surface area contributed by atoms with Crippen LogP contribution in [-0.4, -0.2) is 119 Å². The molecule has 15 nitrogen and oxygen atoms in total. The number of esters is 1. The van der Waals surface area contributed by atoms with E-state index in [0.717, 1.165) is 39.0 Å². The fourth-order valence-electron chi connectivity index (χ4n) is 9.91. The molecule has 4 aromatic rings. The number of methoxy groups -OCH3 is 1. The second-order valence-electron chi connectivity index (χ2n) is 19.1. The lowest BCUT2D eigenvalue weighted by molar-refractivity contribution is -0.155. The summed E-state index contributed by atoms with van der Waals surface area (Å²) in [5, 5.41) is 19.7. The van der Waals surface area contributed by atoms with Crippen LogP contribution in [0.1, 0.15) is 70.6 Å². The highest BCUT2D eigenvalue weighted by Crippen LogP contribution is 2.41. The van der Waals surface area contributed by atoms with Crippen molar-refractivity contribution in [3.05, 3.63) is 84.1 Å². The predicted molar refractivity (Wildman–Crippen MR) is 252 cm³/mol. The minimum absolute atomic E-state index is 0.0244.